The highest BCUT2D eigenvalue weighted by atomic mass is 32.2. The lowest BCUT2D eigenvalue weighted by Crippen LogP contribution is -2.38. The van der Waals surface area contributed by atoms with Gasteiger partial charge in [-0.15, -0.1) is 0 Å². The minimum Gasteiger partial charge on any atom is -0.480 e. The molecule has 1 aromatic heterocycles. The third kappa shape index (κ3) is 2.52. The maximum atomic E-state index is 13.2. The molecule has 0 fully saturated rings. The molecule has 1 unspecified atom stereocenters. The van der Waals surface area contributed by atoms with Crippen molar-refractivity contribution in [2.24, 2.45) is 0 Å². The summed E-state index contributed by atoms with van der Waals surface area (Å²) < 4.78 is 44.4. The normalized spacial score (nSPS) is 13.6. The van der Waals surface area contributed by atoms with Gasteiger partial charge in [0.1, 0.15) is 17.4 Å². The smallest absolute Gasteiger partial charge is 0.321 e. The van der Waals surface area contributed by atoms with Crippen molar-refractivity contribution in [2.45, 2.75) is 25.0 Å². The zero-order valence-electron chi connectivity index (χ0n) is 10.7. The molecule has 2 aromatic rings. The molecule has 0 aliphatic heterocycles. The third-order valence-electron chi connectivity index (χ3n) is 2.80. The van der Waals surface area contributed by atoms with Gasteiger partial charge in [-0.2, -0.15) is 4.72 Å². The molecule has 0 aliphatic rings. The maximum Gasteiger partial charge on any atom is 0.321 e. The number of carboxylic acid groups (broad SMARTS) is 1. The van der Waals surface area contributed by atoms with Crippen molar-refractivity contribution in [1.82, 2.24) is 4.72 Å². The molecule has 0 aliphatic carbocycles. The van der Waals surface area contributed by atoms with Crippen LogP contribution < -0.4 is 4.72 Å². The van der Waals surface area contributed by atoms with Crippen molar-refractivity contribution >= 4 is 27.0 Å². The van der Waals surface area contributed by atoms with Crippen molar-refractivity contribution < 1.29 is 27.1 Å². The number of carbonyl (C=O) groups is 1. The van der Waals surface area contributed by atoms with Gasteiger partial charge >= 0.3 is 5.97 Å². The zero-order valence-corrected chi connectivity index (χ0v) is 11.5. The van der Waals surface area contributed by atoms with Crippen LogP contribution in [0.4, 0.5) is 4.39 Å². The van der Waals surface area contributed by atoms with Gasteiger partial charge in [0.25, 0.3) is 10.0 Å². The lowest BCUT2D eigenvalue weighted by atomic mass is 10.2. The van der Waals surface area contributed by atoms with Crippen molar-refractivity contribution in [1.29, 1.82) is 0 Å². The minimum absolute atomic E-state index is 0.215. The van der Waals surface area contributed by atoms with Gasteiger partial charge in [0, 0.05) is 10.9 Å². The fourth-order valence-corrected chi connectivity index (χ4v) is 3.15. The first-order valence-corrected chi connectivity index (χ1v) is 7.14. The molecule has 0 amide bonds. The highest BCUT2D eigenvalue weighted by Crippen LogP contribution is 2.29. The molecule has 0 bridgehead atoms. The number of nitrogens with one attached hydrogen (secondary N) is 1. The average Bonchev–Trinajstić information content (AvgIpc) is 2.67. The fourth-order valence-electron chi connectivity index (χ4n) is 1.76. The number of rotatable bonds is 4. The van der Waals surface area contributed by atoms with E-state index in [1.54, 1.807) is 0 Å². The van der Waals surface area contributed by atoms with Crippen LogP contribution >= 0.6 is 0 Å². The van der Waals surface area contributed by atoms with E-state index in [0.29, 0.717) is 5.39 Å². The Morgan fingerprint density at radius 2 is 2.10 bits per heavy atom. The second-order valence-corrected chi connectivity index (χ2v) is 5.95. The quantitative estimate of drug-likeness (QED) is 0.894. The van der Waals surface area contributed by atoms with Crippen molar-refractivity contribution in [2.75, 3.05) is 0 Å². The largest absolute Gasteiger partial charge is 0.480 e. The van der Waals surface area contributed by atoms with Crippen LogP contribution in [-0.2, 0) is 14.8 Å². The molecule has 0 saturated carbocycles. The third-order valence-corrected chi connectivity index (χ3v) is 4.34. The molecule has 20 heavy (non-hydrogen) atoms. The van der Waals surface area contributed by atoms with E-state index in [0.717, 1.165) is 12.1 Å². The molecule has 1 atom stereocenters. The number of hydrogen-bond donors (Lipinski definition) is 2. The molecular formula is C12H12FNO5S. The second kappa shape index (κ2) is 4.88. The van der Waals surface area contributed by atoms with Crippen LogP contribution in [0.15, 0.2) is 27.7 Å². The van der Waals surface area contributed by atoms with Crippen LogP contribution in [0.1, 0.15) is 12.5 Å². The Hall–Kier alpha value is -1.93. The molecule has 2 N–H and O–H groups in total. The van der Waals surface area contributed by atoms with Crippen LogP contribution in [-0.4, -0.2) is 25.5 Å². The number of halogens is 1. The predicted octanol–water partition coefficient (Wildman–Crippen LogP) is 1.63. The molecule has 0 radical (unpaired) electrons. The van der Waals surface area contributed by atoms with Crippen molar-refractivity contribution in [3.05, 3.63) is 29.6 Å². The molecule has 0 spiro atoms. The zero-order chi connectivity index (χ0) is 15.1. The van der Waals surface area contributed by atoms with E-state index in [1.165, 1.54) is 19.9 Å². The number of aliphatic carboxylic acids is 1. The standard InChI is InChI=1S/C12H12FNO5S/c1-6-9-5-8(13)3-4-10(9)19-12(6)20(17,18)14-7(2)11(15)16/h3-5,7,14H,1-2H3,(H,15,16). The Kier molecular flexibility index (Phi) is 3.53. The Bertz CT molecular complexity index is 780. The van der Waals surface area contributed by atoms with Gasteiger partial charge in [0.05, 0.1) is 0 Å². The molecule has 1 aromatic carbocycles. The van der Waals surface area contributed by atoms with Gasteiger partial charge in [-0.05, 0) is 32.0 Å². The number of sulfonamides is 1. The van der Waals surface area contributed by atoms with E-state index in [9.17, 15) is 17.6 Å². The molecule has 8 heteroatoms. The van der Waals surface area contributed by atoms with Crippen LogP contribution in [0.25, 0.3) is 11.0 Å². The first-order valence-electron chi connectivity index (χ1n) is 5.66. The van der Waals surface area contributed by atoms with E-state index < -0.39 is 32.9 Å². The number of carboxylic acids is 1. The van der Waals surface area contributed by atoms with Gasteiger partial charge in [0.2, 0.25) is 5.09 Å². The molecule has 1 heterocycles. The van der Waals surface area contributed by atoms with Gasteiger partial charge in [-0.3, -0.25) is 4.79 Å². The van der Waals surface area contributed by atoms with Gasteiger partial charge in [0.15, 0.2) is 0 Å². The first-order chi connectivity index (χ1) is 9.22. The van der Waals surface area contributed by atoms with Crippen LogP contribution in [0.2, 0.25) is 0 Å². The lowest BCUT2D eigenvalue weighted by Gasteiger charge is -2.08. The van der Waals surface area contributed by atoms with E-state index >= 15 is 0 Å². The van der Waals surface area contributed by atoms with Gasteiger partial charge < -0.3 is 9.52 Å². The summed E-state index contributed by atoms with van der Waals surface area (Å²) in [6.45, 7) is 2.66. The lowest BCUT2D eigenvalue weighted by molar-refractivity contribution is -0.138. The van der Waals surface area contributed by atoms with Gasteiger partial charge in [-0.25, -0.2) is 12.8 Å². The van der Waals surface area contributed by atoms with Crippen molar-refractivity contribution in [3.63, 3.8) is 0 Å². The summed E-state index contributed by atoms with van der Waals surface area (Å²) >= 11 is 0. The number of benzene rings is 1. The summed E-state index contributed by atoms with van der Waals surface area (Å²) in [6.07, 6.45) is 0. The monoisotopic (exact) mass is 301 g/mol. The number of fused-ring (bicyclic) bond motifs is 1. The van der Waals surface area contributed by atoms with E-state index in [4.69, 9.17) is 9.52 Å². The Morgan fingerprint density at radius 3 is 2.70 bits per heavy atom. The SMILES string of the molecule is Cc1c(S(=O)(=O)NC(C)C(=O)O)oc2ccc(F)cc12. The van der Waals surface area contributed by atoms with E-state index in [2.05, 4.69) is 0 Å². The highest BCUT2D eigenvalue weighted by Gasteiger charge is 2.27. The topological polar surface area (TPSA) is 96.6 Å². The summed E-state index contributed by atoms with van der Waals surface area (Å²) in [5.41, 5.74) is 0.442. The molecule has 6 nitrogen and oxygen atoms in total. The average molecular weight is 301 g/mol. The molecule has 0 saturated heterocycles. The van der Waals surface area contributed by atoms with Gasteiger partial charge in [-0.1, -0.05) is 0 Å². The fraction of sp³-hybridized carbons (Fsp3) is 0.250. The summed E-state index contributed by atoms with van der Waals surface area (Å²) in [7, 11) is -4.13. The predicted molar refractivity (Wildman–Crippen MR) is 68.3 cm³/mol. The van der Waals surface area contributed by atoms with Crippen LogP contribution in [0, 0.1) is 12.7 Å². The molecule has 108 valence electrons. The summed E-state index contributed by atoms with van der Waals surface area (Å²) in [4.78, 5) is 10.7. The molecule has 2 rings (SSSR count). The minimum atomic E-state index is -4.13. The maximum absolute atomic E-state index is 13.2. The summed E-state index contributed by atoms with van der Waals surface area (Å²) in [6, 6.07) is 2.32. The van der Waals surface area contributed by atoms with Crippen molar-refractivity contribution in [3.8, 4) is 0 Å². The van der Waals surface area contributed by atoms with Crippen LogP contribution in [0.5, 0.6) is 0 Å². The number of aryl methyl sites for hydroxylation is 1. The Labute approximate surface area is 114 Å². The summed E-state index contributed by atoms with van der Waals surface area (Å²) in [5, 5.41) is 8.65. The molecular weight excluding hydrogens is 289 g/mol. The van der Waals surface area contributed by atoms with E-state index in [-0.39, 0.29) is 11.1 Å². The first kappa shape index (κ1) is 14.5. The Balaban J connectivity index is 2.52. The number of hydrogen-bond acceptors (Lipinski definition) is 4. The van der Waals surface area contributed by atoms with Crippen LogP contribution in [0.3, 0.4) is 0 Å². The van der Waals surface area contributed by atoms with E-state index in [1.807, 2.05) is 4.72 Å². The summed E-state index contributed by atoms with van der Waals surface area (Å²) in [5.74, 6) is -1.83. The highest BCUT2D eigenvalue weighted by molar-refractivity contribution is 7.89. The number of furan rings is 1. The Morgan fingerprint density at radius 1 is 1.45 bits per heavy atom. The second-order valence-electron chi connectivity index (χ2n) is 4.34.